The van der Waals surface area contributed by atoms with E-state index in [1.54, 1.807) is 12.3 Å². The van der Waals surface area contributed by atoms with Crippen LogP contribution in [0, 0.1) is 11.7 Å². The highest BCUT2D eigenvalue weighted by Crippen LogP contribution is 2.22. The molecule has 4 nitrogen and oxygen atoms in total. The third-order valence-electron chi connectivity index (χ3n) is 4.72. The average molecular weight is 329 g/mol. The summed E-state index contributed by atoms with van der Waals surface area (Å²) >= 11 is 0. The Bertz CT molecular complexity index is 671. The van der Waals surface area contributed by atoms with Crippen molar-refractivity contribution in [3.63, 3.8) is 0 Å². The minimum atomic E-state index is -0.248. The lowest BCUT2D eigenvalue weighted by Gasteiger charge is -2.37. The number of rotatable bonds is 5. The van der Waals surface area contributed by atoms with E-state index in [0.717, 1.165) is 37.9 Å². The Kier molecular flexibility index (Phi) is 5.28. The second kappa shape index (κ2) is 7.60. The molecule has 1 saturated heterocycles. The number of aromatic nitrogens is 2. The van der Waals surface area contributed by atoms with Crippen molar-refractivity contribution in [3.8, 4) is 0 Å². The van der Waals surface area contributed by atoms with Crippen molar-refractivity contribution in [2.24, 2.45) is 5.92 Å². The number of piperidine rings is 1. The van der Waals surface area contributed by atoms with Gasteiger partial charge in [-0.2, -0.15) is 5.10 Å². The largest absolute Gasteiger partial charge is 0.338 e. The van der Waals surface area contributed by atoms with E-state index in [0.29, 0.717) is 6.42 Å². The van der Waals surface area contributed by atoms with Crippen LogP contribution in [0.2, 0.25) is 0 Å². The van der Waals surface area contributed by atoms with Crippen molar-refractivity contribution in [3.05, 3.63) is 54.1 Å². The van der Waals surface area contributed by atoms with Crippen LogP contribution < -0.4 is 0 Å². The van der Waals surface area contributed by atoms with Crippen LogP contribution >= 0.6 is 0 Å². The molecule has 2 atom stereocenters. The van der Waals surface area contributed by atoms with E-state index in [1.807, 2.05) is 34.8 Å². The van der Waals surface area contributed by atoms with Gasteiger partial charge in [0, 0.05) is 24.9 Å². The third kappa shape index (κ3) is 4.02. The first-order valence-corrected chi connectivity index (χ1v) is 8.66. The molecule has 5 heteroatoms. The monoisotopic (exact) mass is 329 g/mol. The van der Waals surface area contributed by atoms with Crippen molar-refractivity contribution in [2.75, 3.05) is 6.54 Å². The van der Waals surface area contributed by atoms with Crippen LogP contribution in [0.5, 0.6) is 0 Å². The number of carbonyl (C=O) groups excluding carboxylic acids is 1. The molecule has 128 valence electrons. The molecule has 2 unspecified atom stereocenters. The van der Waals surface area contributed by atoms with E-state index in [-0.39, 0.29) is 23.7 Å². The summed E-state index contributed by atoms with van der Waals surface area (Å²) in [6.07, 6.45) is 7.48. The zero-order valence-corrected chi connectivity index (χ0v) is 14.1. The molecule has 1 aliphatic heterocycles. The maximum absolute atomic E-state index is 13.3. The molecule has 0 N–H and O–H groups in total. The van der Waals surface area contributed by atoms with Gasteiger partial charge in [0.25, 0.3) is 0 Å². The number of benzene rings is 1. The Labute approximate surface area is 142 Å². The molecule has 1 aliphatic rings. The van der Waals surface area contributed by atoms with Crippen LogP contribution in [-0.2, 0) is 17.8 Å². The standard InChI is InChI=1S/C19H24FN3O/c1-15(12-16-6-4-7-17(20)13-16)19(24)23-11-3-2-8-18(23)14-22-10-5-9-21-22/h4-7,9-10,13,15,18H,2-3,8,11-12,14H2,1H3. The maximum atomic E-state index is 13.3. The summed E-state index contributed by atoms with van der Waals surface area (Å²) in [5.41, 5.74) is 0.872. The summed E-state index contributed by atoms with van der Waals surface area (Å²) in [4.78, 5) is 14.9. The highest BCUT2D eigenvalue weighted by Gasteiger charge is 2.30. The predicted octanol–water partition coefficient (Wildman–Crippen LogP) is 3.28. The van der Waals surface area contributed by atoms with Crippen LogP contribution in [-0.4, -0.2) is 33.2 Å². The Morgan fingerprint density at radius 2 is 2.25 bits per heavy atom. The zero-order valence-electron chi connectivity index (χ0n) is 14.1. The highest BCUT2D eigenvalue weighted by molar-refractivity contribution is 5.79. The smallest absolute Gasteiger partial charge is 0.226 e. The Morgan fingerprint density at radius 1 is 1.38 bits per heavy atom. The van der Waals surface area contributed by atoms with Gasteiger partial charge in [0.1, 0.15) is 5.82 Å². The molecule has 0 aliphatic carbocycles. The molecule has 0 radical (unpaired) electrons. The van der Waals surface area contributed by atoms with E-state index >= 15 is 0 Å². The number of halogens is 1. The van der Waals surface area contributed by atoms with Gasteiger partial charge in [0.05, 0.1) is 12.6 Å². The Balaban J connectivity index is 1.66. The molecule has 3 rings (SSSR count). The van der Waals surface area contributed by atoms with Gasteiger partial charge in [-0.25, -0.2) is 4.39 Å². The van der Waals surface area contributed by atoms with Crippen LogP contribution in [0.25, 0.3) is 0 Å². The van der Waals surface area contributed by atoms with Gasteiger partial charge in [0.2, 0.25) is 5.91 Å². The van der Waals surface area contributed by atoms with Crippen LogP contribution in [0.15, 0.2) is 42.7 Å². The normalized spacial score (nSPS) is 19.2. The molecule has 1 amide bonds. The van der Waals surface area contributed by atoms with Crippen molar-refractivity contribution in [2.45, 2.75) is 45.2 Å². The minimum absolute atomic E-state index is 0.148. The predicted molar refractivity (Wildman–Crippen MR) is 90.8 cm³/mol. The van der Waals surface area contributed by atoms with Crippen molar-refractivity contribution in [1.29, 1.82) is 0 Å². The van der Waals surface area contributed by atoms with Crippen molar-refractivity contribution < 1.29 is 9.18 Å². The minimum Gasteiger partial charge on any atom is -0.338 e. The maximum Gasteiger partial charge on any atom is 0.226 e. The SMILES string of the molecule is CC(Cc1cccc(F)c1)C(=O)N1CCCCC1Cn1cccn1. The second-order valence-corrected chi connectivity index (χ2v) is 6.64. The van der Waals surface area contributed by atoms with E-state index in [4.69, 9.17) is 0 Å². The fourth-order valence-corrected chi connectivity index (χ4v) is 3.49. The van der Waals surface area contributed by atoms with Crippen LogP contribution in [0.4, 0.5) is 4.39 Å². The van der Waals surface area contributed by atoms with Gasteiger partial charge in [-0.05, 0) is 49.4 Å². The van der Waals surface area contributed by atoms with Gasteiger partial charge in [-0.15, -0.1) is 0 Å². The number of hydrogen-bond acceptors (Lipinski definition) is 2. The van der Waals surface area contributed by atoms with Gasteiger partial charge in [-0.3, -0.25) is 9.48 Å². The molecule has 2 heterocycles. The van der Waals surface area contributed by atoms with E-state index in [2.05, 4.69) is 5.10 Å². The second-order valence-electron chi connectivity index (χ2n) is 6.64. The molecular weight excluding hydrogens is 305 g/mol. The van der Waals surface area contributed by atoms with E-state index in [1.165, 1.54) is 12.1 Å². The van der Waals surface area contributed by atoms with Crippen LogP contribution in [0.3, 0.4) is 0 Å². The van der Waals surface area contributed by atoms with Gasteiger partial charge in [-0.1, -0.05) is 19.1 Å². The number of carbonyl (C=O) groups is 1. The highest BCUT2D eigenvalue weighted by atomic mass is 19.1. The van der Waals surface area contributed by atoms with Crippen LogP contribution in [0.1, 0.15) is 31.7 Å². The molecule has 1 aromatic heterocycles. The van der Waals surface area contributed by atoms with Gasteiger partial charge >= 0.3 is 0 Å². The Hall–Kier alpha value is -2.17. The van der Waals surface area contributed by atoms with Crippen molar-refractivity contribution >= 4 is 5.91 Å². The molecule has 2 aromatic rings. The first kappa shape index (κ1) is 16.7. The number of likely N-dealkylation sites (tertiary alicyclic amines) is 1. The lowest BCUT2D eigenvalue weighted by atomic mass is 9.95. The molecule has 0 bridgehead atoms. The fraction of sp³-hybridized carbons (Fsp3) is 0.474. The summed E-state index contributed by atoms with van der Waals surface area (Å²) in [6, 6.07) is 8.62. The number of amides is 1. The molecule has 24 heavy (non-hydrogen) atoms. The molecule has 0 spiro atoms. The molecule has 1 aromatic carbocycles. The molecule has 1 fully saturated rings. The molecule has 0 saturated carbocycles. The summed E-state index contributed by atoms with van der Waals surface area (Å²) in [7, 11) is 0. The quantitative estimate of drug-likeness (QED) is 0.844. The summed E-state index contributed by atoms with van der Waals surface area (Å²) < 4.78 is 15.2. The number of nitrogens with zero attached hydrogens (tertiary/aromatic N) is 3. The molecular formula is C19H24FN3O. The Morgan fingerprint density at radius 3 is 3.00 bits per heavy atom. The number of hydrogen-bond donors (Lipinski definition) is 0. The van der Waals surface area contributed by atoms with Gasteiger partial charge in [0.15, 0.2) is 0 Å². The fourth-order valence-electron chi connectivity index (χ4n) is 3.49. The zero-order chi connectivity index (χ0) is 16.9. The summed E-state index contributed by atoms with van der Waals surface area (Å²) in [6.45, 7) is 3.48. The first-order valence-electron chi connectivity index (χ1n) is 8.66. The van der Waals surface area contributed by atoms with Gasteiger partial charge < -0.3 is 4.90 Å². The average Bonchev–Trinajstić information content (AvgIpc) is 3.08. The lowest BCUT2D eigenvalue weighted by molar-refractivity contribution is -0.139. The lowest BCUT2D eigenvalue weighted by Crippen LogP contribution is -2.48. The van der Waals surface area contributed by atoms with Crippen molar-refractivity contribution in [1.82, 2.24) is 14.7 Å². The topological polar surface area (TPSA) is 38.1 Å². The van der Waals surface area contributed by atoms with E-state index in [9.17, 15) is 9.18 Å². The summed E-state index contributed by atoms with van der Waals surface area (Å²) in [5, 5.41) is 4.26. The summed E-state index contributed by atoms with van der Waals surface area (Å²) in [5.74, 6) is -0.234. The third-order valence-corrected chi connectivity index (χ3v) is 4.72. The first-order chi connectivity index (χ1) is 11.6. The van der Waals surface area contributed by atoms with E-state index < -0.39 is 0 Å².